The van der Waals surface area contributed by atoms with Crippen molar-refractivity contribution in [3.63, 3.8) is 0 Å². The van der Waals surface area contributed by atoms with E-state index in [1.807, 2.05) is 35.0 Å². The Morgan fingerprint density at radius 2 is 2.05 bits per heavy atom. The average molecular weight is 301 g/mol. The summed E-state index contributed by atoms with van der Waals surface area (Å²) >= 11 is 0. The van der Waals surface area contributed by atoms with Crippen LogP contribution in [0.3, 0.4) is 0 Å². The van der Waals surface area contributed by atoms with E-state index in [-0.39, 0.29) is 5.91 Å². The van der Waals surface area contributed by atoms with E-state index in [4.69, 9.17) is 4.74 Å². The molecule has 2 rings (SSSR count). The molecule has 1 N–H and O–H groups in total. The molecule has 0 aliphatic heterocycles. The molecule has 0 bridgehead atoms. The lowest BCUT2D eigenvalue weighted by molar-refractivity contribution is -0.116. The van der Waals surface area contributed by atoms with Crippen LogP contribution in [-0.4, -0.2) is 22.8 Å². The molecule has 1 heterocycles. The van der Waals surface area contributed by atoms with Gasteiger partial charge in [-0.25, -0.2) is 4.68 Å². The van der Waals surface area contributed by atoms with Crippen molar-refractivity contribution in [1.29, 1.82) is 0 Å². The third kappa shape index (κ3) is 4.62. The van der Waals surface area contributed by atoms with Crippen LogP contribution in [0.5, 0.6) is 5.75 Å². The van der Waals surface area contributed by atoms with Gasteiger partial charge in [-0.15, -0.1) is 0 Å². The number of nitrogens with zero attached hydrogens (tertiary/aromatic N) is 2. The van der Waals surface area contributed by atoms with Gasteiger partial charge in [0.25, 0.3) is 0 Å². The van der Waals surface area contributed by atoms with Gasteiger partial charge in [0, 0.05) is 19.0 Å². The number of methoxy groups -OCH3 is 1. The summed E-state index contributed by atoms with van der Waals surface area (Å²) in [6, 6.07) is 9.79. The number of hydrogen-bond donors (Lipinski definition) is 1. The van der Waals surface area contributed by atoms with Gasteiger partial charge >= 0.3 is 0 Å². The average Bonchev–Trinajstić information content (AvgIpc) is 2.95. The van der Waals surface area contributed by atoms with Gasteiger partial charge < -0.3 is 10.1 Å². The quantitative estimate of drug-likeness (QED) is 0.814. The Labute approximate surface area is 131 Å². The first-order valence-electron chi connectivity index (χ1n) is 7.67. The number of aryl methyl sites for hydroxylation is 2. The van der Waals surface area contributed by atoms with E-state index in [2.05, 4.69) is 17.3 Å². The zero-order valence-corrected chi connectivity index (χ0v) is 13.2. The van der Waals surface area contributed by atoms with Crippen molar-refractivity contribution in [2.24, 2.45) is 0 Å². The van der Waals surface area contributed by atoms with Gasteiger partial charge in [0.2, 0.25) is 5.91 Å². The van der Waals surface area contributed by atoms with E-state index >= 15 is 0 Å². The van der Waals surface area contributed by atoms with Gasteiger partial charge in [-0.2, -0.15) is 5.10 Å². The first kappa shape index (κ1) is 16.1. The van der Waals surface area contributed by atoms with Crippen LogP contribution in [0.15, 0.2) is 36.5 Å². The highest BCUT2D eigenvalue weighted by molar-refractivity contribution is 5.89. The molecule has 5 nitrogen and oxygen atoms in total. The molecule has 22 heavy (non-hydrogen) atoms. The summed E-state index contributed by atoms with van der Waals surface area (Å²) in [5.41, 5.74) is 1.21. The summed E-state index contributed by atoms with van der Waals surface area (Å²) < 4.78 is 6.95. The molecule has 0 saturated heterocycles. The smallest absolute Gasteiger partial charge is 0.225 e. The predicted molar refractivity (Wildman–Crippen MR) is 87.1 cm³/mol. The van der Waals surface area contributed by atoms with Crippen LogP contribution in [0, 0.1) is 0 Å². The van der Waals surface area contributed by atoms with E-state index in [0.717, 1.165) is 37.4 Å². The highest BCUT2D eigenvalue weighted by Gasteiger charge is 2.07. The standard InChI is InChI=1S/C17H23N3O2/c1-3-13-20-16(11-12-18-20)19-17(21)6-4-5-14-7-9-15(22-2)10-8-14/h7-12H,3-6,13H2,1-2H3,(H,19,21). The van der Waals surface area contributed by atoms with Crippen LogP contribution in [0.2, 0.25) is 0 Å². The molecule has 1 aromatic carbocycles. The van der Waals surface area contributed by atoms with Crippen molar-refractivity contribution >= 4 is 11.7 Å². The number of ether oxygens (including phenoxy) is 1. The number of carbonyl (C=O) groups excluding carboxylic acids is 1. The zero-order chi connectivity index (χ0) is 15.8. The lowest BCUT2D eigenvalue weighted by Crippen LogP contribution is -2.15. The maximum absolute atomic E-state index is 12.0. The van der Waals surface area contributed by atoms with Crippen molar-refractivity contribution in [2.75, 3.05) is 12.4 Å². The molecule has 0 radical (unpaired) electrons. The minimum Gasteiger partial charge on any atom is -0.497 e. The Bertz CT molecular complexity index is 590. The van der Waals surface area contributed by atoms with E-state index in [0.29, 0.717) is 6.42 Å². The second-order valence-electron chi connectivity index (χ2n) is 5.19. The number of anilines is 1. The van der Waals surface area contributed by atoms with Crippen molar-refractivity contribution in [2.45, 2.75) is 39.2 Å². The lowest BCUT2D eigenvalue weighted by atomic mass is 10.1. The zero-order valence-electron chi connectivity index (χ0n) is 13.2. The van der Waals surface area contributed by atoms with Gasteiger partial charge in [0.1, 0.15) is 11.6 Å². The molecule has 1 aromatic heterocycles. The number of amides is 1. The molecule has 1 amide bonds. The maximum atomic E-state index is 12.0. The second kappa shape index (κ2) is 8.22. The molecule has 0 aliphatic rings. The molecule has 0 atom stereocenters. The molecule has 0 unspecified atom stereocenters. The van der Waals surface area contributed by atoms with Crippen molar-refractivity contribution in [3.05, 3.63) is 42.1 Å². The number of hydrogen-bond acceptors (Lipinski definition) is 3. The normalized spacial score (nSPS) is 10.5. The van der Waals surface area contributed by atoms with E-state index in [1.54, 1.807) is 13.3 Å². The summed E-state index contributed by atoms with van der Waals surface area (Å²) in [7, 11) is 1.66. The fraction of sp³-hybridized carbons (Fsp3) is 0.412. The third-order valence-electron chi connectivity index (χ3n) is 3.45. The summed E-state index contributed by atoms with van der Waals surface area (Å²) in [6.45, 7) is 2.90. The summed E-state index contributed by atoms with van der Waals surface area (Å²) in [5.74, 6) is 1.66. The Balaban J connectivity index is 1.76. The number of benzene rings is 1. The molecular weight excluding hydrogens is 278 g/mol. The van der Waals surface area contributed by atoms with Crippen LogP contribution in [0.25, 0.3) is 0 Å². The van der Waals surface area contributed by atoms with Gasteiger partial charge in [-0.3, -0.25) is 4.79 Å². The highest BCUT2D eigenvalue weighted by atomic mass is 16.5. The molecule has 0 saturated carbocycles. The number of nitrogens with one attached hydrogen (secondary N) is 1. The fourth-order valence-electron chi connectivity index (χ4n) is 2.28. The Kier molecular flexibility index (Phi) is 6.01. The highest BCUT2D eigenvalue weighted by Crippen LogP contribution is 2.14. The predicted octanol–water partition coefficient (Wildman–Crippen LogP) is 3.26. The van der Waals surface area contributed by atoms with Crippen molar-refractivity contribution < 1.29 is 9.53 Å². The van der Waals surface area contributed by atoms with Crippen LogP contribution < -0.4 is 10.1 Å². The summed E-state index contributed by atoms with van der Waals surface area (Å²) in [5, 5.41) is 7.11. The van der Waals surface area contributed by atoms with Gasteiger partial charge in [-0.05, 0) is 37.0 Å². The minimum absolute atomic E-state index is 0.0337. The molecule has 0 spiro atoms. The summed E-state index contributed by atoms with van der Waals surface area (Å²) in [6.07, 6.45) is 4.90. The number of aromatic nitrogens is 2. The molecule has 5 heteroatoms. The third-order valence-corrected chi connectivity index (χ3v) is 3.45. The van der Waals surface area contributed by atoms with Crippen LogP contribution in [-0.2, 0) is 17.8 Å². The molecular formula is C17H23N3O2. The maximum Gasteiger partial charge on any atom is 0.225 e. The number of carbonyl (C=O) groups is 1. The molecule has 2 aromatic rings. The first-order chi connectivity index (χ1) is 10.7. The van der Waals surface area contributed by atoms with Gasteiger partial charge in [-0.1, -0.05) is 19.1 Å². The summed E-state index contributed by atoms with van der Waals surface area (Å²) in [4.78, 5) is 12.0. The topological polar surface area (TPSA) is 56.2 Å². The largest absolute Gasteiger partial charge is 0.497 e. The van der Waals surface area contributed by atoms with E-state index < -0.39 is 0 Å². The number of rotatable bonds is 8. The van der Waals surface area contributed by atoms with Gasteiger partial charge in [0.15, 0.2) is 0 Å². The molecule has 0 fully saturated rings. The monoisotopic (exact) mass is 301 g/mol. The minimum atomic E-state index is 0.0337. The van der Waals surface area contributed by atoms with Crippen molar-refractivity contribution in [1.82, 2.24) is 9.78 Å². The van der Waals surface area contributed by atoms with Crippen LogP contribution in [0.1, 0.15) is 31.7 Å². The van der Waals surface area contributed by atoms with Crippen LogP contribution in [0.4, 0.5) is 5.82 Å². The van der Waals surface area contributed by atoms with Crippen LogP contribution >= 0.6 is 0 Å². The van der Waals surface area contributed by atoms with Crippen molar-refractivity contribution in [3.8, 4) is 5.75 Å². The Hall–Kier alpha value is -2.30. The van der Waals surface area contributed by atoms with E-state index in [1.165, 1.54) is 5.56 Å². The van der Waals surface area contributed by atoms with E-state index in [9.17, 15) is 4.79 Å². The second-order valence-corrected chi connectivity index (χ2v) is 5.19. The SMILES string of the molecule is CCCn1nccc1NC(=O)CCCc1ccc(OC)cc1. The molecule has 0 aliphatic carbocycles. The Morgan fingerprint density at radius 3 is 2.73 bits per heavy atom. The fourth-order valence-corrected chi connectivity index (χ4v) is 2.28. The lowest BCUT2D eigenvalue weighted by Gasteiger charge is -2.08. The van der Waals surface area contributed by atoms with Gasteiger partial charge in [0.05, 0.1) is 13.3 Å². The first-order valence-corrected chi connectivity index (χ1v) is 7.67. The molecule has 118 valence electrons. The Morgan fingerprint density at radius 1 is 1.27 bits per heavy atom.